The first-order valence-corrected chi connectivity index (χ1v) is 11.4. The van der Waals surface area contributed by atoms with Gasteiger partial charge in [0.25, 0.3) is 5.88 Å². The van der Waals surface area contributed by atoms with Crippen LogP contribution in [0.5, 0.6) is 23.1 Å². The number of hydrogen-bond donors (Lipinski definition) is 1. The Bertz CT molecular complexity index is 1110. The second-order valence-electron chi connectivity index (χ2n) is 8.26. The molecule has 0 aliphatic carbocycles. The molecule has 8 nitrogen and oxygen atoms in total. The summed E-state index contributed by atoms with van der Waals surface area (Å²) in [5, 5.41) is 3.05. The molecule has 1 N–H and O–H groups in total. The lowest BCUT2D eigenvalue weighted by atomic mass is 9.96. The van der Waals surface area contributed by atoms with Crippen LogP contribution in [0.3, 0.4) is 0 Å². The van der Waals surface area contributed by atoms with Crippen molar-refractivity contribution in [2.75, 3.05) is 32.2 Å². The van der Waals surface area contributed by atoms with Gasteiger partial charge in [0.05, 0.1) is 14.2 Å². The monoisotopic (exact) mass is 462 g/mol. The highest BCUT2D eigenvalue weighted by Crippen LogP contribution is 2.31. The number of piperidine rings is 1. The zero-order chi connectivity index (χ0) is 23.9. The Balaban J connectivity index is 1.34. The molecule has 0 unspecified atom stereocenters. The third-order valence-electron chi connectivity index (χ3n) is 5.99. The number of nitrogens with one attached hydrogen (secondary N) is 1. The van der Waals surface area contributed by atoms with Crippen molar-refractivity contribution in [3.63, 3.8) is 0 Å². The van der Waals surface area contributed by atoms with Gasteiger partial charge in [-0.25, -0.2) is 9.97 Å². The van der Waals surface area contributed by atoms with Crippen LogP contribution in [0.4, 0.5) is 5.82 Å². The van der Waals surface area contributed by atoms with Crippen LogP contribution in [0.2, 0.25) is 0 Å². The number of hydrogen-bond acceptors (Lipinski definition) is 7. The average Bonchev–Trinajstić information content (AvgIpc) is 2.89. The van der Waals surface area contributed by atoms with Gasteiger partial charge in [-0.1, -0.05) is 17.7 Å². The number of aromatic nitrogens is 2. The fraction of sp³-hybridized carbons (Fsp3) is 0.346. The van der Waals surface area contributed by atoms with E-state index in [0.29, 0.717) is 42.8 Å². The molecule has 8 heteroatoms. The molecule has 1 amide bonds. The summed E-state index contributed by atoms with van der Waals surface area (Å²) in [6.07, 6.45) is 4.75. The first-order valence-electron chi connectivity index (χ1n) is 11.4. The van der Waals surface area contributed by atoms with Crippen LogP contribution in [0.1, 0.15) is 24.0 Å². The summed E-state index contributed by atoms with van der Waals surface area (Å²) in [7, 11) is 3.22. The quantitative estimate of drug-likeness (QED) is 0.539. The van der Waals surface area contributed by atoms with Crippen LogP contribution >= 0.6 is 0 Å². The molecule has 1 saturated heterocycles. The first kappa shape index (κ1) is 23.4. The predicted molar refractivity (Wildman–Crippen MR) is 130 cm³/mol. The van der Waals surface area contributed by atoms with Gasteiger partial charge in [0.1, 0.15) is 17.2 Å². The number of methoxy groups -OCH3 is 2. The van der Waals surface area contributed by atoms with E-state index in [2.05, 4.69) is 20.2 Å². The maximum absolute atomic E-state index is 12.8. The van der Waals surface area contributed by atoms with Crippen LogP contribution in [-0.4, -0.2) is 43.2 Å². The predicted octanol–water partition coefficient (Wildman–Crippen LogP) is 4.13. The largest absolute Gasteiger partial charge is 0.497 e. The van der Waals surface area contributed by atoms with E-state index < -0.39 is 0 Å². The smallest absolute Gasteiger partial charge is 0.263 e. The summed E-state index contributed by atoms with van der Waals surface area (Å²) < 4.78 is 16.7. The van der Waals surface area contributed by atoms with Crippen molar-refractivity contribution in [1.29, 1.82) is 0 Å². The molecule has 2 aromatic carbocycles. The maximum Gasteiger partial charge on any atom is 0.263 e. The van der Waals surface area contributed by atoms with E-state index in [9.17, 15) is 4.79 Å². The van der Waals surface area contributed by atoms with E-state index >= 15 is 0 Å². The number of rotatable bonds is 8. The summed E-state index contributed by atoms with van der Waals surface area (Å²) in [4.78, 5) is 23.9. The topological polar surface area (TPSA) is 85.8 Å². The number of ether oxygens (including phenoxy) is 3. The van der Waals surface area contributed by atoms with E-state index in [4.69, 9.17) is 14.2 Å². The third-order valence-corrected chi connectivity index (χ3v) is 5.99. The molecule has 34 heavy (non-hydrogen) atoms. The lowest BCUT2D eigenvalue weighted by Gasteiger charge is -2.32. The van der Waals surface area contributed by atoms with E-state index in [1.54, 1.807) is 26.6 Å². The number of aryl methyl sites for hydroxylation is 1. The number of carbonyl (C=O) groups is 1. The van der Waals surface area contributed by atoms with Crippen LogP contribution in [0.15, 0.2) is 54.9 Å². The summed E-state index contributed by atoms with van der Waals surface area (Å²) >= 11 is 0. The molecule has 1 aromatic heterocycles. The lowest BCUT2D eigenvalue weighted by molar-refractivity contribution is -0.125. The van der Waals surface area contributed by atoms with Crippen molar-refractivity contribution in [2.24, 2.45) is 5.92 Å². The molecule has 3 aromatic rings. The Kier molecular flexibility index (Phi) is 7.47. The standard InChI is InChI=1S/C26H30N4O4/c1-18-4-7-21(8-5-18)34-26-24(27-12-13-28-26)30-14-10-19(11-15-30)25(31)29-17-20-6-9-22(32-2)16-23(20)33-3/h4-9,12-13,16,19H,10-11,14-15,17H2,1-3H3,(H,29,31). The third kappa shape index (κ3) is 5.57. The van der Waals surface area contributed by atoms with Crippen molar-refractivity contribution in [3.05, 3.63) is 66.0 Å². The number of carbonyl (C=O) groups excluding carboxylic acids is 1. The lowest BCUT2D eigenvalue weighted by Crippen LogP contribution is -2.40. The van der Waals surface area contributed by atoms with Crippen LogP contribution < -0.4 is 24.4 Å². The molecule has 4 rings (SSSR count). The molecule has 1 aliphatic heterocycles. The molecule has 0 bridgehead atoms. The summed E-state index contributed by atoms with van der Waals surface area (Å²) in [6, 6.07) is 13.4. The van der Waals surface area contributed by atoms with Gasteiger partial charge < -0.3 is 24.4 Å². The Morgan fingerprint density at radius 3 is 2.41 bits per heavy atom. The Hall–Kier alpha value is -3.81. The second-order valence-corrected chi connectivity index (χ2v) is 8.26. The second kappa shape index (κ2) is 10.9. The van der Waals surface area contributed by atoms with Crippen LogP contribution in [-0.2, 0) is 11.3 Å². The van der Waals surface area contributed by atoms with E-state index in [-0.39, 0.29) is 11.8 Å². The van der Waals surface area contributed by atoms with Gasteiger partial charge in [0.15, 0.2) is 5.82 Å². The fourth-order valence-electron chi connectivity index (χ4n) is 4.00. The van der Waals surface area contributed by atoms with Gasteiger partial charge >= 0.3 is 0 Å². The zero-order valence-corrected chi connectivity index (χ0v) is 19.8. The molecule has 178 valence electrons. The van der Waals surface area contributed by atoms with Crippen LogP contribution in [0.25, 0.3) is 0 Å². The molecule has 1 aliphatic rings. The molecule has 0 atom stereocenters. The number of anilines is 1. The number of nitrogens with zero attached hydrogens (tertiary/aromatic N) is 3. The Labute approximate surface area is 199 Å². The van der Waals surface area contributed by atoms with Gasteiger partial charge in [0, 0.05) is 49.6 Å². The van der Waals surface area contributed by atoms with Gasteiger partial charge in [-0.2, -0.15) is 0 Å². The van der Waals surface area contributed by atoms with Gasteiger partial charge in [0.2, 0.25) is 5.91 Å². The highest BCUT2D eigenvalue weighted by molar-refractivity contribution is 5.79. The molecular weight excluding hydrogens is 432 g/mol. The Morgan fingerprint density at radius 2 is 1.71 bits per heavy atom. The first-order chi connectivity index (χ1) is 16.6. The minimum absolute atomic E-state index is 0.0489. The van der Waals surface area contributed by atoms with Crippen LogP contribution in [0, 0.1) is 12.8 Å². The summed E-state index contributed by atoms with van der Waals surface area (Å²) in [6.45, 7) is 3.84. The van der Waals surface area contributed by atoms with Crippen molar-refractivity contribution in [1.82, 2.24) is 15.3 Å². The normalized spacial score (nSPS) is 13.9. The average molecular weight is 463 g/mol. The molecule has 2 heterocycles. The number of amides is 1. The molecule has 0 radical (unpaired) electrons. The minimum Gasteiger partial charge on any atom is -0.497 e. The zero-order valence-electron chi connectivity index (χ0n) is 19.8. The van der Waals surface area contributed by atoms with Crippen molar-refractivity contribution >= 4 is 11.7 Å². The highest BCUT2D eigenvalue weighted by atomic mass is 16.5. The molecule has 0 spiro atoms. The summed E-state index contributed by atoms with van der Waals surface area (Å²) in [5.74, 6) is 3.29. The van der Waals surface area contributed by atoms with Gasteiger partial charge in [-0.3, -0.25) is 4.79 Å². The van der Waals surface area contributed by atoms with E-state index in [0.717, 1.165) is 29.7 Å². The van der Waals surface area contributed by atoms with Crippen molar-refractivity contribution in [3.8, 4) is 23.1 Å². The van der Waals surface area contributed by atoms with Crippen molar-refractivity contribution < 1.29 is 19.0 Å². The SMILES string of the molecule is COc1ccc(CNC(=O)C2CCN(c3nccnc3Oc3ccc(C)cc3)CC2)c(OC)c1. The van der Waals surface area contributed by atoms with Gasteiger partial charge in [-0.15, -0.1) is 0 Å². The minimum atomic E-state index is -0.0568. The molecule has 0 saturated carbocycles. The Morgan fingerprint density at radius 1 is 1.00 bits per heavy atom. The molecule has 1 fully saturated rings. The maximum atomic E-state index is 12.8. The molecular formula is C26H30N4O4. The fourth-order valence-corrected chi connectivity index (χ4v) is 4.00. The van der Waals surface area contributed by atoms with E-state index in [1.165, 1.54) is 0 Å². The summed E-state index contributed by atoms with van der Waals surface area (Å²) in [5.41, 5.74) is 2.07. The van der Waals surface area contributed by atoms with Crippen molar-refractivity contribution in [2.45, 2.75) is 26.3 Å². The van der Waals surface area contributed by atoms with E-state index in [1.807, 2.05) is 49.4 Å². The van der Waals surface area contributed by atoms with Gasteiger partial charge in [-0.05, 0) is 44.0 Å². The highest BCUT2D eigenvalue weighted by Gasteiger charge is 2.27. The number of benzene rings is 2.